The van der Waals surface area contributed by atoms with E-state index in [-0.39, 0.29) is 22.8 Å². The molecule has 2 N–H and O–H groups in total. The highest BCUT2D eigenvalue weighted by atomic mass is 35.5. The van der Waals surface area contributed by atoms with E-state index in [1.54, 1.807) is 12.4 Å². The second-order valence-corrected chi connectivity index (χ2v) is 12.4. The summed E-state index contributed by atoms with van der Waals surface area (Å²) in [5, 5.41) is 12.6. The fourth-order valence-electron chi connectivity index (χ4n) is 7.56. The summed E-state index contributed by atoms with van der Waals surface area (Å²) in [6.07, 6.45) is 10.2. The molecule has 1 aromatic carbocycles. The first-order valence-corrected chi connectivity index (χ1v) is 14.7. The molecule has 0 saturated carbocycles. The highest BCUT2D eigenvalue weighted by molar-refractivity contribution is 6.35. The summed E-state index contributed by atoms with van der Waals surface area (Å²) in [5.41, 5.74) is 2.50. The van der Waals surface area contributed by atoms with Gasteiger partial charge in [0.2, 0.25) is 0 Å². The molecule has 11 heteroatoms. The predicted octanol–water partition coefficient (Wildman–Crippen LogP) is 4.62. The molecule has 0 spiro atoms. The Balaban J connectivity index is 1.26. The largest absolute Gasteiger partial charge is 0.461 e. The fraction of sp³-hybridized carbons (Fsp3) is 0.517. The first-order valence-electron chi connectivity index (χ1n) is 14.4. The lowest BCUT2D eigenvalue weighted by molar-refractivity contribution is 0.108. The maximum absolute atomic E-state index is 16.6. The van der Waals surface area contributed by atoms with Crippen LogP contribution in [0, 0.1) is 12.7 Å². The molecule has 2 unspecified atom stereocenters. The van der Waals surface area contributed by atoms with Gasteiger partial charge in [0.25, 0.3) is 0 Å². The van der Waals surface area contributed by atoms with Gasteiger partial charge in [-0.25, -0.2) is 4.39 Å². The lowest BCUT2D eigenvalue weighted by Gasteiger charge is -2.34. The molecule has 2 atom stereocenters. The number of nitrogens with one attached hydrogen (secondary N) is 2. The number of pyridine rings is 1. The minimum atomic E-state index is -0.527. The molecule has 0 amide bonds. The maximum Gasteiger partial charge on any atom is 0.319 e. The van der Waals surface area contributed by atoms with Crippen molar-refractivity contribution in [3.63, 3.8) is 0 Å². The molecule has 208 valence electrons. The molecule has 4 saturated heterocycles. The summed E-state index contributed by atoms with van der Waals surface area (Å²) < 4.78 is 23.0. The molecule has 4 aromatic rings. The smallest absolute Gasteiger partial charge is 0.319 e. The summed E-state index contributed by atoms with van der Waals surface area (Å²) >= 11 is 6.76. The number of nitrogens with zero attached hydrogens (tertiary/aromatic N) is 6. The molecule has 0 radical (unpaired) electrons. The topological polar surface area (TPSA) is 95.1 Å². The molecule has 9 nitrogen and oxygen atoms in total. The number of halogens is 2. The predicted molar refractivity (Wildman–Crippen MR) is 153 cm³/mol. The van der Waals surface area contributed by atoms with Crippen LogP contribution in [-0.2, 0) is 0 Å². The molecular weight excluding hydrogens is 531 g/mol. The average Bonchev–Trinajstić information content (AvgIpc) is 3.73. The number of aryl methyl sites for hydroxylation is 1. The van der Waals surface area contributed by atoms with Gasteiger partial charge in [-0.2, -0.15) is 15.1 Å². The van der Waals surface area contributed by atoms with E-state index in [0.717, 1.165) is 62.9 Å². The Morgan fingerprint density at radius 2 is 1.88 bits per heavy atom. The number of ether oxygens (including phenoxy) is 1. The van der Waals surface area contributed by atoms with Gasteiger partial charge in [-0.15, -0.1) is 0 Å². The zero-order valence-corrected chi connectivity index (χ0v) is 23.3. The van der Waals surface area contributed by atoms with E-state index in [2.05, 4.69) is 35.3 Å². The fourth-order valence-corrected chi connectivity index (χ4v) is 7.81. The number of hydrogen-bond acceptors (Lipinski definition) is 8. The summed E-state index contributed by atoms with van der Waals surface area (Å²) in [6.45, 7) is 6.25. The molecule has 4 fully saturated rings. The van der Waals surface area contributed by atoms with Crippen molar-refractivity contribution in [2.45, 2.75) is 63.1 Å². The van der Waals surface area contributed by atoms with Gasteiger partial charge in [-0.05, 0) is 70.2 Å². The first kappa shape index (κ1) is 24.7. The Labute approximate surface area is 236 Å². The third kappa shape index (κ3) is 3.79. The van der Waals surface area contributed by atoms with Gasteiger partial charge in [-0.1, -0.05) is 11.6 Å². The van der Waals surface area contributed by atoms with E-state index < -0.39 is 5.82 Å². The van der Waals surface area contributed by atoms with E-state index in [1.807, 2.05) is 13.0 Å². The van der Waals surface area contributed by atoms with Crippen LogP contribution in [0.2, 0.25) is 5.02 Å². The highest BCUT2D eigenvalue weighted by Crippen LogP contribution is 2.41. The van der Waals surface area contributed by atoms with Crippen LogP contribution in [-0.4, -0.2) is 80.5 Å². The van der Waals surface area contributed by atoms with E-state index in [4.69, 9.17) is 21.3 Å². The number of fused-ring (bicyclic) bond motifs is 5. The summed E-state index contributed by atoms with van der Waals surface area (Å²) in [6, 6.07) is 2.93. The Hall–Kier alpha value is -3.08. The number of benzene rings is 1. The number of rotatable bonds is 5. The lowest BCUT2D eigenvalue weighted by atomic mass is 9.95. The van der Waals surface area contributed by atoms with Gasteiger partial charge in [0.05, 0.1) is 27.7 Å². The van der Waals surface area contributed by atoms with Gasteiger partial charge in [0.15, 0.2) is 5.82 Å². The van der Waals surface area contributed by atoms with Crippen molar-refractivity contribution in [2.75, 3.05) is 37.7 Å². The van der Waals surface area contributed by atoms with Crippen LogP contribution in [0.3, 0.4) is 0 Å². The highest BCUT2D eigenvalue weighted by Gasteiger charge is 2.45. The summed E-state index contributed by atoms with van der Waals surface area (Å²) in [5.74, 6) is 0.160. The van der Waals surface area contributed by atoms with E-state index in [9.17, 15) is 0 Å². The van der Waals surface area contributed by atoms with Crippen molar-refractivity contribution in [3.05, 3.63) is 34.9 Å². The van der Waals surface area contributed by atoms with Crippen LogP contribution in [0.1, 0.15) is 44.1 Å². The van der Waals surface area contributed by atoms with E-state index in [0.29, 0.717) is 45.9 Å². The molecule has 40 heavy (non-hydrogen) atoms. The van der Waals surface area contributed by atoms with Gasteiger partial charge in [0.1, 0.15) is 23.6 Å². The van der Waals surface area contributed by atoms with Crippen molar-refractivity contribution in [2.24, 2.45) is 0 Å². The van der Waals surface area contributed by atoms with Crippen LogP contribution in [0.15, 0.2) is 18.5 Å². The number of hydrogen-bond donors (Lipinski definition) is 2. The Bertz CT molecular complexity index is 1620. The van der Waals surface area contributed by atoms with Crippen molar-refractivity contribution in [3.8, 4) is 17.3 Å². The molecular formula is C29H32ClFN8O. The number of piperazine rings is 1. The molecule has 2 bridgehead atoms. The Morgan fingerprint density at radius 1 is 1.10 bits per heavy atom. The summed E-state index contributed by atoms with van der Waals surface area (Å²) in [7, 11) is 0. The van der Waals surface area contributed by atoms with Crippen LogP contribution in [0.25, 0.3) is 33.1 Å². The molecule has 4 aliphatic rings. The zero-order chi connectivity index (χ0) is 27.0. The third-order valence-corrected chi connectivity index (χ3v) is 10.0. The Kier molecular flexibility index (Phi) is 5.69. The number of H-pyrrole nitrogens is 1. The van der Waals surface area contributed by atoms with Crippen LogP contribution < -0.4 is 15.0 Å². The minimum Gasteiger partial charge on any atom is -0.461 e. The standard InChI is InChI=1S/C29H32ClFN8O/c1-16-10-21-19(12-33-37-21)22(23(16)30)26-24(31)25-20(11-32-26)27(38-13-17-4-5-18(14-38)34-17)36-28(35-25)40-15-29-6-2-8-39(29)9-3-7-29/h10-12,17-18,34H,2-9,13-15H2,1H3,(H,33,37). The SMILES string of the molecule is Cc1cc2[nH]ncc2c(-c2ncc3c(N4CC5CCC(C4)N5)nc(OCC45CCCN4CCC5)nc3c2F)c1Cl. The maximum atomic E-state index is 16.6. The third-order valence-electron chi connectivity index (χ3n) is 9.54. The van der Waals surface area contributed by atoms with E-state index in [1.165, 1.54) is 12.8 Å². The lowest BCUT2D eigenvalue weighted by Crippen LogP contribution is -2.51. The minimum absolute atomic E-state index is 0.0383. The average molecular weight is 563 g/mol. The first-order chi connectivity index (χ1) is 19.5. The zero-order valence-electron chi connectivity index (χ0n) is 22.5. The number of anilines is 1. The van der Waals surface area contributed by atoms with Crippen molar-refractivity contribution < 1.29 is 9.13 Å². The van der Waals surface area contributed by atoms with Crippen LogP contribution in [0.5, 0.6) is 6.01 Å². The molecule has 7 heterocycles. The number of aromatic amines is 1. The molecule has 8 rings (SSSR count). The van der Waals surface area contributed by atoms with Crippen molar-refractivity contribution >= 4 is 39.2 Å². The molecule has 4 aliphatic heterocycles. The van der Waals surface area contributed by atoms with Gasteiger partial charge < -0.3 is 15.0 Å². The monoisotopic (exact) mass is 562 g/mol. The van der Waals surface area contributed by atoms with Gasteiger partial charge in [-0.3, -0.25) is 15.0 Å². The van der Waals surface area contributed by atoms with Crippen molar-refractivity contribution in [1.82, 2.24) is 35.4 Å². The second-order valence-electron chi connectivity index (χ2n) is 12.0. The summed E-state index contributed by atoms with van der Waals surface area (Å²) in [4.78, 5) is 19.0. The van der Waals surface area contributed by atoms with Crippen LogP contribution in [0.4, 0.5) is 10.2 Å². The second kappa shape index (κ2) is 9.22. The molecule has 0 aliphatic carbocycles. The quantitative estimate of drug-likeness (QED) is 0.364. The van der Waals surface area contributed by atoms with Crippen LogP contribution >= 0.6 is 11.6 Å². The van der Waals surface area contributed by atoms with Gasteiger partial charge >= 0.3 is 6.01 Å². The van der Waals surface area contributed by atoms with Crippen molar-refractivity contribution in [1.29, 1.82) is 0 Å². The molecule has 3 aromatic heterocycles. The number of aromatic nitrogens is 5. The van der Waals surface area contributed by atoms with E-state index >= 15 is 4.39 Å². The Morgan fingerprint density at radius 3 is 2.65 bits per heavy atom. The van der Waals surface area contributed by atoms with Gasteiger partial charge in [0, 0.05) is 42.3 Å². The normalized spacial score (nSPS) is 23.9.